The van der Waals surface area contributed by atoms with E-state index in [2.05, 4.69) is 5.32 Å². The third-order valence-corrected chi connectivity index (χ3v) is 8.09. The molecule has 11 nitrogen and oxygen atoms in total. The molecule has 1 N–H and O–H groups in total. The van der Waals surface area contributed by atoms with Gasteiger partial charge in [0.1, 0.15) is 18.3 Å². The normalized spacial score (nSPS) is 21.7. The molecule has 12 heteroatoms. The molecule has 2 aromatic heterocycles. The highest BCUT2D eigenvalue weighted by Gasteiger charge is 2.55. The second-order valence-corrected chi connectivity index (χ2v) is 11.9. The first kappa shape index (κ1) is 24.9. The van der Waals surface area contributed by atoms with Gasteiger partial charge in [-0.3, -0.25) is 14.4 Å². The number of amides is 2. The zero-order chi connectivity index (χ0) is 25.5. The van der Waals surface area contributed by atoms with E-state index in [1.165, 1.54) is 41.7 Å². The van der Waals surface area contributed by atoms with Crippen LogP contribution in [0.2, 0.25) is 0 Å². The molecular weight excluding hydrogens is 476 g/mol. The van der Waals surface area contributed by atoms with E-state index >= 15 is 0 Å². The Labute approximate surface area is 203 Å². The summed E-state index contributed by atoms with van der Waals surface area (Å²) < 4.78 is 32.6. The van der Waals surface area contributed by atoms with Gasteiger partial charge in [0.05, 0.1) is 24.4 Å². The van der Waals surface area contributed by atoms with Crippen LogP contribution in [0.25, 0.3) is 0 Å². The van der Waals surface area contributed by atoms with Crippen LogP contribution in [0.1, 0.15) is 44.0 Å². The number of furan rings is 1. The SMILES string of the molecule is CC(C)(C)CC(NC(=O)c1ccoc1)C(=O)N1CCC2C1C(=O)CN2S(=O)(=O)c1cccc[n+]1[O-]. The minimum Gasteiger partial charge on any atom is -0.618 e. The van der Waals surface area contributed by atoms with Gasteiger partial charge < -0.3 is 19.8 Å². The highest BCUT2D eigenvalue weighted by molar-refractivity contribution is 7.89. The first-order valence-corrected chi connectivity index (χ1v) is 12.7. The summed E-state index contributed by atoms with van der Waals surface area (Å²) in [5, 5.41) is 14.4. The van der Waals surface area contributed by atoms with Crippen molar-refractivity contribution in [1.82, 2.24) is 14.5 Å². The molecule has 4 rings (SSSR count). The number of hydrogen-bond donors (Lipinski definition) is 1. The maximum Gasteiger partial charge on any atom is 0.323 e. The molecule has 4 heterocycles. The van der Waals surface area contributed by atoms with E-state index in [0.29, 0.717) is 6.42 Å². The second-order valence-electron chi connectivity index (χ2n) is 10.0. The van der Waals surface area contributed by atoms with Crippen LogP contribution >= 0.6 is 0 Å². The number of sulfonamides is 1. The number of rotatable bonds is 6. The van der Waals surface area contributed by atoms with Crippen molar-refractivity contribution in [1.29, 1.82) is 0 Å². The summed E-state index contributed by atoms with van der Waals surface area (Å²) in [6.07, 6.45) is 4.25. The summed E-state index contributed by atoms with van der Waals surface area (Å²) in [6.45, 7) is 5.51. The molecule has 2 aliphatic heterocycles. The third kappa shape index (κ3) is 4.80. The van der Waals surface area contributed by atoms with Crippen LogP contribution in [0.5, 0.6) is 0 Å². The molecule has 3 atom stereocenters. The lowest BCUT2D eigenvalue weighted by Crippen LogP contribution is -2.53. The van der Waals surface area contributed by atoms with Crippen LogP contribution in [0.3, 0.4) is 0 Å². The Morgan fingerprint density at radius 1 is 1.29 bits per heavy atom. The molecule has 0 saturated carbocycles. The van der Waals surface area contributed by atoms with Gasteiger partial charge in [-0.2, -0.15) is 9.04 Å². The number of carbonyl (C=O) groups is 3. The quantitative estimate of drug-likeness (QED) is 0.450. The van der Waals surface area contributed by atoms with Crippen LogP contribution in [0.15, 0.2) is 52.4 Å². The lowest BCUT2D eigenvalue weighted by Gasteiger charge is -2.31. The van der Waals surface area contributed by atoms with Crippen LogP contribution in [-0.4, -0.2) is 66.4 Å². The van der Waals surface area contributed by atoms with Gasteiger partial charge in [-0.25, -0.2) is 8.42 Å². The molecule has 2 amide bonds. The van der Waals surface area contributed by atoms with Crippen molar-refractivity contribution in [2.75, 3.05) is 13.1 Å². The van der Waals surface area contributed by atoms with E-state index in [0.717, 1.165) is 10.5 Å². The number of fused-ring (bicyclic) bond motifs is 1. The van der Waals surface area contributed by atoms with Crippen molar-refractivity contribution in [2.24, 2.45) is 5.41 Å². The molecule has 0 radical (unpaired) electrons. The fourth-order valence-electron chi connectivity index (χ4n) is 4.72. The smallest absolute Gasteiger partial charge is 0.323 e. The molecule has 2 fully saturated rings. The molecule has 0 aliphatic carbocycles. The van der Waals surface area contributed by atoms with Gasteiger partial charge in [0, 0.05) is 18.7 Å². The number of carbonyl (C=O) groups excluding carboxylic acids is 3. The fraction of sp³-hybridized carbons (Fsp3) is 0.478. The molecule has 2 aliphatic rings. The van der Waals surface area contributed by atoms with Crippen molar-refractivity contribution in [3.63, 3.8) is 0 Å². The molecule has 2 saturated heterocycles. The predicted octanol–water partition coefficient (Wildman–Crippen LogP) is 0.691. The highest BCUT2D eigenvalue weighted by Crippen LogP contribution is 2.34. The van der Waals surface area contributed by atoms with Gasteiger partial charge in [0.25, 0.3) is 5.91 Å². The van der Waals surface area contributed by atoms with Crippen LogP contribution in [-0.2, 0) is 19.6 Å². The second kappa shape index (κ2) is 9.08. The van der Waals surface area contributed by atoms with Crippen LogP contribution in [0.4, 0.5) is 0 Å². The monoisotopic (exact) mass is 504 g/mol. The van der Waals surface area contributed by atoms with E-state index in [9.17, 15) is 28.0 Å². The first-order chi connectivity index (χ1) is 16.4. The molecule has 188 valence electrons. The molecule has 2 aromatic rings. The molecule has 3 unspecified atom stereocenters. The van der Waals surface area contributed by atoms with E-state index in [1.807, 2.05) is 20.8 Å². The van der Waals surface area contributed by atoms with Crippen molar-refractivity contribution in [3.8, 4) is 0 Å². The van der Waals surface area contributed by atoms with Crippen LogP contribution < -0.4 is 10.0 Å². The van der Waals surface area contributed by atoms with Gasteiger partial charge in [0.15, 0.2) is 12.0 Å². The van der Waals surface area contributed by atoms with E-state index < -0.39 is 57.3 Å². The summed E-state index contributed by atoms with van der Waals surface area (Å²) in [5.74, 6) is -1.35. The Hall–Kier alpha value is -3.25. The van der Waals surface area contributed by atoms with Crippen molar-refractivity contribution >= 4 is 27.6 Å². The average Bonchev–Trinajstić information content (AvgIpc) is 3.51. The van der Waals surface area contributed by atoms with Gasteiger partial charge in [-0.05, 0) is 30.4 Å². The van der Waals surface area contributed by atoms with Gasteiger partial charge in [0.2, 0.25) is 5.91 Å². The predicted molar refractivity (Wildman–Crippen MR) is 122 cm³/mol. The molecule has 0 aromatic carbocycles. The zero-order valence-corrected chi connectivity index (χ0v) is 20.5. The highest BCUT2D eigenvalue weighted by atomic mass is 32.2. The Morgan fingerprint density at radius 3 is 2.66 bits per heavy atom. The summed E-state index contributed by atoms with van der Waals surface area (Å²) in [4.78, 5) is 40.6. The number of hydrogen-bond acceptors (Lipinski definition) is 7. The standard InChI is InChI=1S/C23H28N4O7S/c1-23(2,3)12-16(24-21(29)15-8-11-34-14-15)22(30)25-10-7-17-20(25)18(28)13-27(17)35(32,33)19-6-4-5-9-26(19)31/h4-6,8-9,11,14,16-17,20H,7,10,12-13H2,1-3H3,(H,24,29). The molecule has 0 spiro atoms. The number of nitrogens with one attached hydrogen (secondary N) is 1. The van der Waals surface area contributed by atoms with Gasteiger partial charge >= 0.3 is 15.0 Å². The Kier molecular flexibility index (Phi) is 6.45. The molecular formula is C23H28N4O7S. The Morgan fingerprint density at radius 2 is 2.03 bits per heavy atom. The number of likely N-dealkylation sites (tertiary alicyclic amines) is 1. The third-order valence-electron chi connectivity index (χ3n) is 6.23. The Balaban J connectivity index is 1.58. The number of nitrogens with zero attached hydrogens (tertiary/aromatic N) is 3. The summed E-state index contributed by atoms with van der Waals surface area (Å²) >= 11 is 0. The topological polar surface area (TPSA) is 144 Å². The summed E-state index contributed by atoms with van der Waals surface area (Å²) in [6, 6.07) is 2.82. The minimum absolute atomic E-state index is 0.153. The average molecular weight is 505 g/mol. The van der Waals surface area contributed by atoms with Crippen molar-refractivity contribution in [3.05, 3.63) is 53.8 Å². The van der Waals surface area contributed by atoms with E-state index in [-0.39, 0.29) is 28.7 Å². The largest absolute Gasteiger partial charge is 0.618 e. The summed E-state index contributed by atoms with van der Waals surface area (Å²) in [5.41, 5.74) is -0.0632. The van der Waals surface area contributed by atoms with Crippen molar-refractivity contribution in [2.45, 2.75) is 56.8 Å². The number of pyridine rings is 1. The fourth-order valence-corrected chi connectivity index (χ4v) is 6.37. The van der Waals surface area contributed by atoms with Gasteiger partial charge in [-0.1, -0.05) is 20.8 Å². The minimum atomic E-state index is -4.26. The van der Waals surface area contributed by atoms with E-state index in [4.69, 9.17) is 4.42 Å². The lowest BCUT2D eigenvalue weighted by molar-refractivity contribution is -0.646. The molecule has 0 bridgehead atoms. The lowest BCUT2D eigenvalue weighted by atomic mass is 9.87. The zero-order valence-electron chi connectivity index (χ0n) is 19.7. The first-order valence-electron chi connectivity index (χ1n) is 11.3. The number of Topliss-reactive ketones (excluding diaryl/α,β-unsaturated/α-hetero) is 1. The maximum absolute atomic E-state index is 13.6. The van der Waals surface area contributed by atoms with Crippen LogP contribution in [0, 0.1) is 10.6 Å². The molecule has 35 heavy (non-hydrogen) atoms. The van der Waals surface area contributed by atoms with Crippen molar-refractivity contribution < 1.29 is 31.9 Å². The van der Waals surface area contributed by atoms with Gasteiger partial charge in [-0.15, -0.1) is 0 Å². The number of ketones is 1. The number of aromatic nitrogens is 1. The Bertz CT molecular complexity index is 1240. The maximum atomic E-state index is 13.6. The summed E-state index contributed by atoms with van der Waals surface area (Å²) in [7, 11) is -4.26. The van der Waals surface area contributed by atoms with E-state index in [1.54, 1.807) is 0 Å².